The summed E-state index contributed by atoms with van der Waals surface area (Å²) < 4.78 is 0. The Balaban J connectivity index is 2.03. The first-order chi connectivity index (χ1) is 9.06. The molecule has 2 N–H and O–H groups in total. The van der Waals surface area contributed by atoms with Crippen LogP contribution in [0.15, 0.2) is 34.4 Å². The van der Waals surface area contributed by atoms with Crippen LogP contribution in [-0.2, 0) is 6.54 Å². The molecule has 100 valence electrons. The van der Waals surface area contributed by atoms with Crippen LogP contribution in [0.3, 0.4) is 0 Å². The lowest BCUT2D eigenvalue weighted by atomic mass is 10.1. The molecule has 0 fully saturated rings. The number of non-ortho nitro benzene ring substituents is 1. The predicted octanol–water partition coefficient (Wildman–Crippen LogP) is 2.20. The molecule has 7 heteroatoms. The lowest BCUT2D eigenvalue weighted by molar-refractivity contribution is -0.384. The van der Waals surface area contributed by atoms with Crippen LogP contribution in [0.25, 0.3) is 0 Å². The van der Waals surface area contributed by atoms with Gasteiger partial charge in [-0.1, -0.05) is 23.5 Å². The van der Waals surface area contributed by atoms with Crippen molar-refractivity contribution >= 4 is 17.0 Å². The molecular formula is C12H13N3O3S. The Bertz CT molecular complexity index is 635. The number of hydrogen-bond donors (Lipinski definition) is 2. The van der Waals surface area contributed by atoms with Crippen LogP contribution in [0.4, 0.5) is 5.69 Å². The molecule has 19 heavy (non-hydrogen) atoms. The van der Waals surface area contributed by atoms with Gasteiger partial charge >= 0.3 is 4.87 Å². The number of aromatic amines is 1. The standard InChI is InChI=1S/C12H13N3O3S/c1-8(13-6-10-7-19-12(16)14-10)9-3-2-4-11(5-9)15(17)18/h2-5,7-8,13H,6H2,1H3,(H,14,16). The number of nitrogens with one attached hydrogen (secondary N) is 2. The van der Waals surface area contributed by atoms with Gasteiger partial charge in [-0.15, -0.1) is 0 Å². The fourth-order valence-corrected chi connectivity index (χ4v) is 2.27. The molecule has 1 unspecified atom stereocenters. The quantitative estimate of drug-likeness (QED) is 0.648. The molecule has 6 nitrogen and oxygen atoms in total. The van der Waals surface area contributed by atoms with Gasteiger partial charge in [-0.3, -0.25) is 14.9 Å². The molecule has 0 radical (unpaired) electrons. The summed E-state index contributed by atoms with van der Waals surface area (Å²) in [5, 5.41) is 15.7. The van der Waals surface area contributed by atoms with E-state index in [1.165, 1.54) is 6.07 Å². The van der Waals surface area contributed by atoms with Crippen LogP contribution in [0.5, 0.6) is 0 Å². The summed E-state index contributed by atoms with van der Waals surface area (Å²) in [4.78, 5) is 23.9. The SMILES string of the molecule is CC(NCc1csc(=O)[nH]1)c1cccc([N+](=O)[O-])c1. The zero-order valence-electron chi connectivity index (χ0n) is 10.3. The first-order valence-electron chi connectivity index (χ1n) is 5.70. The number of rotatable bonds is 5. The minimum Gasteiger partial charge on any atom is -0.315 e. The molecule has 0 aliphatic heterocycles. The zero-order chi connectivity index (χ0) is 13.8. The molecule has 2 aromatic rings. The van der Waals surface area contributed by atoms with Crippen molar-refractivity contribution in [1.29, 1.82) is 0 Å². The number of nitro groups is 1. The topological polar surface area (TPSA) is 88.0 Å². The van der Waals surface area contributed by atoms with E-state index in [4.69, 9.17) is 0 Å². The summed E-state index contributed by atoms with van der Waals surface area (Å²) in [6.07, 6.45) is 0. The van der Waals surface area contributed by atoms with Crippen LogP contribution >= 0.6 is 11.3 Å². The number of nitro benzene ring substituents is 1. The maximum atomic E-state index is 11.0. The van der Waals surface area contributed by atoms with Crippen molar-refractivity contribution in [3.05, 3.63) is 60.7 Å². The van der Waals surface area contributed by atoms with Gasteiger partial charge in [0.2, 0.25) is 0 Å². The smallest absolute Gasteiger partial charge is 0.304 e. The van der Waals surface area contributed by atoms with Gasteiger partial charge in [0.1, 0.15) is 0 Å². The maximum Gasteiger partial charge on any atom is 0.304 e. The Kier molecular flexibility index (Phi) is 4.08. The highest BCUT2D eigenvalue weighted by molar-refractivity contribution is 7.07. The van der Waals surface area contributed by atoms with Gasteiger partial charge in [0.25, 0.3) is 5.69 Å². The van der Waals surface area contributed by atoms with Crippen LogP contribution in [0.1, 0.15) is 24.2 Å². The van der Waals surface area contributed by atoms with Crippen LogP contribution in [0, 0.1) is 10.1 Å². The average molecular weight is 279 g/mol. The average Bonchev–Trinajstić information content (AvgIpc) is 2.82. The monoisotopic (exact) mass is 279 g/mol. The molecule has 1 aromatic heterocycles. The van der Waals surface area contributed by atoms with Gasteiger partial charge in [0.05, 0.1) is 4.92 Å². The third-order valence-electron chi connectivity index (χ3n) is 2.75. The lowest BCUT2D eigenvalue weighted by Gasteiger charge is -2.13. The lowest BCUT2D eigenvalue weighted by Crippen LogP contribution is -2.18. The first-order valence-corrected chi connectivity index (χ1v) is 6.58. The third-order valence-corrected chi connectivity index (χ3v) is 3.47. The second kappa shape index (κ2) is 5.77. The zero-order valence-corrected chi connectivity index (χ0v) is 11.1. The van der Waals surface area contributed by atoms with Gasteiger partial charge < -0.3 is 10.3 Å². The van der Waals surface area contributed by atoms with Crippen molar-refractivity contribution in [1.82, 2.24) is 10.3 Å². The number of H-pyrrole nitrogens is 1. The van der Waals surface area contributed by atoms with Crippen molar-refractivity contribution in [2.75, 3.05) is 0 Å². The van der Waals surface area contributed by atoms with Crippen LogP contribution in [-0.4, -0.2) is 9.91 Å². The van der Waals surface area contributed by atoms with Gasteiger partial charge in [0.15, 0.2) is 0 Å². The van der Waals surface area contributed by atoms with Crippen molar-refractivity contribution in [2.24, 2.45) is 0 Å². The summed E-state index contributed by atoms with van der Waals surface area (Å²) in [5.74, 6) is 0. The molecule has 1 atom stereocenters. The normalized spacial score (nSPS) is 12.3. The molecule has 0 saturated heterocycles. The molecule has 1 aromatic carbocycles. The Morgan fingerprint density at radius 3 is 2.95 bits per heavy atom. The van der Waals surface area contributed by atoms with E-state index in [1.54, 1.807) is 17.5 Å². The number of benzene rings is 1. The Morgan fingerprint density at radius 2 is 2.32 bits per heavy atom. The minimum atomic E-state index is -0.410. The molecule has 0 aliphatic carbocycles. The number of hydrogen-bond acceptors (Lipinski definition) is 5. The number of thiazole rings is 1. The molecular weight excluding hydrogens is 266 g/mol. The van der Waals surface area contributed by atoms with E-state index in [2.05, 4.69) is 10.3 Å². The molecule has 0 amide bonds. The van der Waals surface area contributed by atoms with E-state index in [9.17, 15) is 14.9 Å². The fraction of sp³-hybridized carbons (Fsp3) is 0.250. The highest BCUT2D eigenvalue weighted by atomic mass is 32.1. The van der Waals surface area contributed by atoms with E-state index >= 15 is 0 Å². The van der Waals surface area contributed by atoms with Gasteiger partial charge in [0, 0.05) is 35.8 Å². The summed E-state index contributed by atoms with van der Waals surface area (Å²) in [7, 11) is 0. The van der Waals surface area contributed by atoms with Crippen molar-refractivity contribution in [3.63, 3.8) is 0 Å². The van der Waals surface area contributed by atoms with Crippen LogP contribution in [0.2, 0.25) is 0 Å². The number of nitrogens with zero attached hydrogens (tertiary/aromatic N) is 1. The Morgan fingerprint density at radius 1 is 1.53 bits per heavy atom. The first kappa shape index (κ1) is 13.4. The van der Waals surface area contributed by atoms with E-state index in [-0.39, 0.29) is 16.6 Å². The molecule has 0 spiro atoms. The molecule has 0 aliphatic rings. The van der Waals surface area contributed by atoms with E-state index in [1.807, 2.05) is 13.0 Å². The van der Waals surface area contributed by atoms with Crippen molar-refractivity contribution in [2.45, 2.75) is 19.5 Å². The second-order valence-corrected chi connectivity index (χ2v) is 4.97. The van der Waals surface area contributed by atoms with Crippen molar-refractivity contribution in [3.8, 4) is 0 Å². The highest BCUT2D eigenvalue weighted by Gasteiger charge is 2.10. The summed E-state index contributed by atoms with van der Waals surface area (Å²) in [6, 6.07) is 6.48. The van der Waals surface area contributed by atoms with Crippen LogP contribution < -0.4 is 10.2 Å². The van der Waals surface area contributed by atoms with E-state index in [0.29, 0.717) is 6.54 Å². The van der Waals surface area contributed by atoms with E-state index in [0.717, 1.165) is 22.6 Å². The van der Waals surface area contributed by atoms with Gasteiger partial charge in [-0.25, -0.2) is 0 Å². The molecule has 2 rings (SSSR count). The summed E-state index contributed by atoms with van der Waals surface area (Å²) >= 11 is 1.12. The minimum absolute atomic E-state index is 0.0386. The second-order valence-electron chi connectivity index (χ2n) is 4.13. The Labute approximate surface area is 113 Å². The number of aromatic nitrogens is 1. The predicted molar refractivity (Wildman–Crippen MR) is 73.3 cm³/mol. The molecule has 0 bridgehead atoms. The van der Waals surface area contributed by atoms with E-state index < -0.39 is 4.92 Å². The third kappa shape index (κ3) is 3.49. The summed E-state index contributed by atoms with van der Waals surface area (Å²) in [5.41, 5.74) is 1.73. The largest absolute Gasteiger partial charge is 0.315 e. The van der Waals surface area contributed by atoms with Gasteiger partial charge in [-0.2, -0.15) is 0 Å². The molecule has 0 saturated carbocycles. The Hall–Kier alpha value is -1.99. The van der Waals surface area contributed by atoms with Gasteiger partial charge in [-0.05, 0) is 12.5 Å². The fourth-order valence-electron chi connectivity index (χ4n) is 1.69. The summed E-state index contributed by atoms with van der Waals surface area (Å²) in [6.45, 7) is 2.44. The van der Waals surface area contributed by atoms with Crippen molar-refractivity contribution < 1.29 is 4.92 Å². The highest BCUT2D eigenvalue weighted by Crippen LogP contribution is 2.19. The molecule has 1 heterocycles. The maximum absolute atomic E-state index is 11.0.